The average Bonchev–Trinajstić information content (AvgIpc) is 3.52. The Balaban J connectivity index is 1.81. The van der Waals surface area contributed by atoms with Crippen molar-refractivity contribution < 1.29 is 4.79 Å². The van der Waals surface area contributed by atoms with Crippen LogP contribution in [0.2, 0.25) is 0 Å². The van der Waals surface area contributed by atoms with Crippen LogP contribution in [0, 0.1) is 5.41 Å². The largest absolute Gasteiger partial charge is 0.332 e. The Morgan fingerprint density at radius 3 is 2.39 bits per heavy atom. The van der Waals surface area contributed by atoms with Crippen molar-refractivity contribution in [3.05, 3.63) is 84.1 Å². The number of hydrogen-bond acceptors (Lipinski definition) is 6. The van der Waals surface area contributed by atoms with Crippen LogP contribution in [-0.2, 0) is 17.8 Å². The van der Waals surface area contributed by atoms with E-state index in [1.807, 2.05) is 41.3 Å². The van der Waals surface area contributed by atoms with Crippen LogP contribution in [0.25, 0.3) is 11.3 Å². The van der Waals surface area contributed by atoms with Gasteiger partial charge in [-0.3, -0.25) is 4.79 Å². The molecule has 1 atom stereocenters. The number of nitrogens with two attached hydrogens (primary N) is 1. The van der Waals surface area contributed by atoms with Gasteiger partial charge in [-0.2, -0.15) is 0 Å². The predicted molar refractivity (Wildman–Crippen MR) is 139 cm³/mol. The summed E-state index contributed by atoms with van der Waals surface area (Å²) in [6, 6.07) is 20.1. The first-order chi connectivity index (χ1) is 17.4. The van der Waals surface area contributed by atoms with Crippen molar-refractivity contribution >= 4 is 5.91 Å². The van der Waals surface area contributed by atoms with Crippen LogP contribution < -0.4 is 5.73 Å². The second kappa shape index (κ2) is 11.3. The molecule has 2 heterocycles. The SMILES string of the molecule is CC(C)(C)[C@H](c1nc(-c2ccccc2)cn1Cc1ccccc1)N(CCCN)C(=O)Cc1nnn[nH]1. The predicted octanol–water partition coefficient (Wildman–Crippen LogP) is 3.62. The van der Waals surface area contributed by atoms with Gasteiger partial charge in [-0.05, 0) is 34.4 Å². The second-order valence-corrected chi connectivity index (χ2v) is 9.99. The second-order valence-electron chi connectivity index (χ2n) is 9.99. The first kappa shape index (κ1) is 25.2. The lowest BCUT2D eigenvalue weighted by Gasteiger charge is -2.40. The molecule has 0 bridgehead atoms. The number of nitrogens with one attached hydrogen (secondary N) is 1. The van der Waals surface area contributed by atoms with Crippen LogP contribution in [0.1, 0.15) is 50.4 Å². The fraction of sp³-hybridized carbons (Fsp3) is 0.370. The average molecular weight is 487 g/mol. The highest BCUT2D eigenvalue weighted by Crippen LogP contribution is 2.39. The topological polar surface area (TPSA) is 119 Å². The summed E-state index contributed by atoms with van der Waals surface area (Å²) < 4.78 is 2.17. The zero-order valence-corrected chi connectivity index (χ0v) is 21.1. The third-order valence-corrected chi connectivity index (χ3v) is 6.08. The Bertz CT molecular complexity index is 1230. The standard InChI is InChI=1S/C27H34N8O/c1-27(2,3)25(35(16-10-15-28)24(36)17-23-30-32-33-31-23)26-29-22(21-13-8-5-9-14-21)19-34(26)18-20-11-6-4-7-12-20/h4-9,11-14,19,25H,10,15-18,28H2,1-3H3,(H,30,31,32,33)/t25-/m0/s1. The Labute approximate surface area is 211 Å². The van der Waals surface area contributed by atoms with Crippen molar-refractivity contribution in [2.75, 3.05) is 13.1 Å². The Hall–Kier alpha value is -3.85. The molecule has 2 aromatic carbocycles. The van der Waals surface area contributed by atoms with Crippen LogP contribution in [0.3, 0.4) is 0 Å². The van der Waals surface area contributed by atoms with E-state index in [1.54, 1.807) is 0 Å². The number of amides is 1. The molecule has 1 amide bonds. The van der Waals surface area contributed by atoms with E-state index in [1.165, 1.54) is 0 Å². The number of aromatic nitrogens is 6. The van der Waals surface area contributed by atoms with Gasteiger partial charge in [0.2, 0.25) is 5.91 Å². The zero-order chi connectivity index (χ0) is 25.5. The molecule has 0 saturated carbocycles. The summed E-state index contributed by atoms with van der Waals surface area (Å²) in [4.78, 5) is 20.7. The highest BCUT2D eigenvalue weighted by Gasteiger charge is 2.38. The number of carbonyl (C=O) groups excluding carboxylic acids is 1. The summed E-state index contributed by atoms with van der Waals surface area (Å²) in [5, 5.41) is 13.9. The fourth-order valence-corrected chi connectivity index (χ4v) is 4.46. The first-order valence-electron chi connectivity index (χ1n) is 12.3. The van der Waals surface area contributed by atoms with Gasteiger partial charge in [-0.25, -0.2) is 10.1 Å². The summed E-state index contributed by atoms with van der Waals surface area (Å²) in [6.07, 6.45) is 2.84. The minimum atomic E-state index is -0.308. The molecule has 2 aromatic heterocycles. The Kier molecular flexibility index (Phi) is 7.90. The number of nitrogens with zero attached hydrogens (tertiary/aromatic N) is 6. The minimum absolute atomic E-state index is 0.0718. The van der Waals surface area contributed by atoms with Gasteiger partial charge >= 0.3 is 0 Å². The molecule has 0 saturated heterocycles. The lowest BCUT2D eigenvalue weighted by atomic mass is 9.84. The van der Waals surface area contributed by atoms with Gasteiger partial charge in [0.05, 0.1) is 18.2 Å². The van der Waals surface area contributed by atoms with Crippen molar-refractivity contribution in [1.82, 2.24) is 35.1 Å². The lowest BCUT2D eigenvalue weighted by Crippen LogP contribution is -2.44. The van der Waals surface area contributed by atoms with E-state index < -0.39 is 0 Å². The maximum absolute atomic E-state index is 13.7. The van der Waals surface area contributed by atoms with Crippen molar-refractivity contribution in [1.29, 1.82) is 0 Å². The van der Waals surface area contributed by atoms with E-state index in [0.29, 0.717) is 31.9 Å². The van der Waals surface area contributed by atoms with E-state index in [0.717, 1.165) is 22.6 Å². The summed E-state index contributed by atoms with van der Waals surface area (Å²) in [5.74, 6) is 1.20. The lowest BCUT2D eigenvalue weighted by molar-refractivity contribution is -0.136. The molecule has 188 valence electrons. The van der Waals surface area contributed by atoms with Crippen molar-refractivity contribution in [2.45, 2.75) is 46.2 Å². The van der Waals surface area contributed by atoms with Gasteiger partial charge in [0.25, 0.3) is 0 Å². The van der Waals surface area contributed by atoms with Crippen LogP contribution in [0.15, 0.2) is 66.9 Å². The van der Waals surface area contributed by atoms with E-state index in [9.17, 15) is 4.79 Å². The molecular weight excluding hydrogens is 452 g/mol. The van der Waals surface area contributed by atoms with Crippen LogP contribution >= 0.6 is 0 Å². The molecule has 0 radical (unpaired) electrons. The third-order valence-electron chi connectivity index (χ3n) is 6.08. The number of tetrazole rings is 1. The van der Waals surface area contributed by atoms with E-state index in [-0.39, 0.29) is 23.8 Å². The minimum Gasteiger partial charge on any atom is -0.332 e. The molecule has 9 nitrogen and oxygen atoms in total. The van der Waals surface area contributed by atoms with E-state index in [4.69, 9.17) is 10.7 Å². The monoisotopic (exact) mass is 486 g/mol. The number of rotatable bonds is 10. The van der Waals surface area contributed by atoms with E-state index >= 15 is 0 Å². The third kappa shape index (κ3) is 6.04. The normalized spacial score (nSPS) is 12.4. The number of H-pyrrole nitrogens is 1. The number of aromatic amines is 1. The quantitative estimate of drug-likeness (QED) is 0.353. The van der Waals surface area contributed by atoms with Gasteiger partial charge < -0.3 is 15.2 Å². The van der Waals surface area contributed by atoms with Gasteiger partial charge in [0.1, 0.15) is 5.82 Å². The Morgan fingerprint density at radius 1 is 1.08 bits per heavy atom. The van der Waals surface area contributed by atoms with Crippen LogP contribution in [0.5, 0.6) is 0 Å². The van der Waals surface area contributed by atoms with Crippen LogP contribution in [-0.4, -0.2) is 54.1 Å². The van der Waals surface area contributed by atoms with E-state index in [2.05, 4.69) is 76.4 Å². The first-order valence-corrected chi connectivity index (χ1v) is 12.3. The van der Waals surface area contributed by atoms with Gasteiger partial charge in [-0.15, -0.1) is 5.10 Å². The summed E-state index contributed by atoms with van der Waals surface area (Å²) in [6.45, 7) is 8.06. The maximum atomic E-state index is 13.7. The molecule has 4 aromatic rings. The van der Waals surface area contributed by atoms with Crippen molar-refractivity contribution in [3.8, 4) is 11.3 Å². The molecule has 0 fully saturated rings. The molecule has 9 heteroatoms. The summed E-state index contributed by atoms with van der Waals surface area (Å²) in [7, 11) is 0. The Morgan fingerprint density at radius 2 is 1.78 bits per heavy atom. The highest BCUT2D eigenvalue weighted by atomic mass is 16.2. The molecule has 3 N–H and O–H groups in total. The number of hydrogen-bond donors (Lipinski definition) is 2. The molecule has 0 aliphatic heterocycles. The summed E-state index contributed by atoms with van der Waals surface area (Å²) >= 11 is 0. The molecule has 36 heavy (non-hydrogen) atoms. The maximum Gasteiger partial charge on any atom is 0.230 e. The van der Waals surface area contributed by atoms with Crippen molar-refractivity contribution in [3.63, 3.8) is 0 Å². The zero-order valence-electron chi connectivity index (χ0n) is 21.1. The molecular formula is C27H34N8O. The van der Waals surface area contributed by atoms with Crippen molar-refractivity contribution in [2.24, 2.45) is 11.1 Å². The van der Waals surface area contributed by atoms with Gasteiger partial charge in [0.15, 0.2) is 5.82 Å². The van der Waals surface area contributed by atoms with Gasteiger partial charge in [0, 0.05) is 24.8 Å². The molecule has 0 spiro atoms. The molecule has 0 aliphatic rings. The smallest absolute Gasteiger partial charge is 0.230 e. The fourth-order valence-electron chi connectivity index (χ4n) is 4.46. The molecule has 0 unspecified atom stereocenters. The number of benzene rings is 2. The molecule has 4 rings (SSSR count). The summed E-state index contributed by atoms with van der Waals surface area (Å²) in [5.41, 5.74) is 8.64. The highest BCUT2D eigenvalue weighted by molar-refractivity contribution is 5.78. The van der Waals surface area contributed by atoms with Crippen LogP contribution in [0.4, 0.5) is 0 Å². The number of carbonyl (C=O) groups is 1. The van der Waals surface area contributed by atoms with Gasteiger partial charge in [-0.1, -0.05) is 81.4 Å². The molecule has 0 aliphatic carbocycles. The number of imidazole rings is 1.